The molecule has 2 heterocycles. The predicted molar refractivity (Wildman–Crippen MR) is 70.1 cm³/mol. The molecule has 2 aromatic heterocycles. The van der Waals surface area contributed by atoms with Gasteiger partial charge in [-0.3, -0.25) is 0 Å². The summed E-state index contributed by atoms with van der Waals surface area (Å²) in [4.78, 5) is 8.35. The lowest BCUT2D eigenvalue weighted by molar-refractivity contribution is 0.598. The monoisotopic (exact) mass is 281 g/mol. The molecule has 0 aromatic carbocycles. The van der Waals surface area contributed by atoms with Crippen LogP contribution >= 0.6 is 11.8 Å². The van der Waals surface area contributed by atoms with Gasteiger partial charge in [-0.25, -0.2) is 18.4 Å². The molecule has 2 N–H and O–H groups in total. The first-order valence-electron chi connectivity index (χ1n) is 5.02. The van der Waals surface area contributed by atoms with E-state index in [1.54, 1.807) is 24.4 Å². The number of hydrogen-bond acceptors (Lipinski definition) is 6. The lowest BCUT2D eigenvalue weighted by Gasteiger charge is -2.06. The van der Waals surface area contributed by atoms with Crippen LogP contribution in [-0.2, 0) is 9.84 Å². The fourth-order valence-corrected chi connectivity index (χ4v) is 3.35. The summed E-state index contributed by atoms with van der Waals surface area (Å²) in [5, 5.41) is 0.923. The molecule has 18 heavy (non-hydrogen) atoms. The molecule has 0 bridgehead atoms. The molecule has 94 valence electrons. The smallest absolute Gasteiger partial charge is 0.178 e. The molecule has 0 atom stereocenters. The number of anilines is 1. The van der Waals surface area contributed by atoms with Crippen molar-refractivity contribution in [1.82, 2.24) is 9.97 Å². The largest absolute Gasteiger partial charge is 0.397 e. The Bertz CT molecular complexity index is 671. The van der Waals surface area contributed by atoms with Crippen molar-refractivity contribution in [3.05, 3.63) is 36.7 Å². The summed E-state index contributed by atoms with van der Waals surface area (Å²) in [5.41, 5.74) is 6.26. The molecule has 0 spiro atoms. The van der Waals surface area contributed by atoms with Gasteiger partial charge >= 0.3 is 0 Å². The molecule has 0 amide bonds. The Kier molecular flexibility index (Phi) is 3.53. The van der Waals surface area contributed by atoms with Gasteiger partial charge in [-0.15, -0.1) is 0 Å². The van der Waals surface area contributed by atoms with E-state index in [2.05, 4.69) is 9.97 Å². The van der Waals surface area contributed by atoms with Crippen LogP contribution < -0.4 is 5.73 Å². The van der Waals surface area contributed by atoms with E-state index in [0.29, 0.717) is 15.7 Å². The normalized spacial score (nSPS) is 11.4. The van der Waals surface area contributed by atoms with Gasteiger partial charge in [0.15, 0.2) is 9.84 Å². The molecule has 2 rings (SSSR count). The first kappa shape index (κ1) is 12.8. The van der Waals surface area contributed by atoms with E-state index >= 15 is 0 Å². The molecule has 0 unspecified atom stereocenters. The minimum atomic E-state index is -3.32. The highest BCUT2D eigenvalue weighted by Crippen LogP contribution is 2.32. The number of nitrogen functional groups attached to an aromatic ring is 1. The fraction of sp³-hybridized carbons (Fsp3) is 0.0909. The van der Waals surface area contributed by atoms with E-state index in [0.717, 1.165) is 18.0 Å². The molecular weight excluding hydrogens is 270 g/mol. The lowest BCUT2D eigenvalue weighted by atomic mass is 10.4. The molecule has 5 nitrogen and oxygen atoms in total. The highest BCUT2D eigenvalue weighted by molar-refractivity contribution is 8.00. The number of pyridine rings is 2. The van der Waals surface area contributed by atoms with Gasteiger partial charge in [-0.2, -0.15) is 0 Å². The zero-order valence-corrected chi connectivity index (χ0v) is 11.2. The van der Waals surface area contributed by atoms with Crippen LogP contribution in [0, 0.1) is 0 Å². The van der Waals surface area contributed by atoms with Crippen LogP contribution in [-0.4, -0.2) is 24.6 Å². The van der Waals surface area contributed by atoms with Crippen LogP contribution in [0.4, 0.5) is 5.69 Å². The van der Waals surface area contributed by atoms with E-state index in [1.807, 2.05) is 0 Å². The minimum absolute atomic E-state index is 0.181. The van der Waals surface area contributed by atoms with E-state index in [-0.39, 0.29) is 4.90 Å². The maximum atomic E-state index is 11.6. The Morgan fingerprint density at radius 1 is 1.11 bits per heavy atom. The Hall–Kier alpha value is -1.60. The summed E-state index contributed by atoms with van der Waals surface area (Å²) in [7, 11) is -3.32. The van der Waals surface area contributed by atoms with E-state index in [1.165, 1.54) is 12.3 Å². The van der Waals surface area contributed by atoms with Gasteiger partial charge in [0.2, 0.25) is 0 Å². The predicted octanol–water partition coefficient (Wildman–Crippen LogP) is 1.61. The van der Waals surface area contributed by atoms with Gasteiger partial charge in [-0.05, 0) is 36.0 Å². The molecule has 7 heteroatoms. The van der Waals surface area contributed by atoms with Crippen LogP contribution in [0.15, 0.2) is 51.6 Å². The summed E-state index contributed by atoms with van der Waals surface area (Å²) < 4.78 is 23.2. The number of rotatable bonds is 3. The van der Waals surface area contributed by atoms with Gasteiger partial charge in [0.1, 0.15) is 10.1 Å². The van der Waals surface area contributed by atoms with Crippen LogP contribution in [0.25, 0.3) is 0 Å². The molecule has 2 aromatic rings. The quantitative estimate of drug-likeness (QED) is 0.920. The number of nitrogens with zero attached hydrogens (tertiary/aromatic N) is 2. The molecule has 0 radical (unpaired) electrons. The maximum Gasteiger partial charge on any atom is 0.178 e. The van der Waals surface area contributed by atoms with Crippen LogP contribution in [0.5, 0.6) is 0 Å². The highest BCUT2D eigenvalue weighted by Gasteiger charge is 2.16. The van der Waals surface area contributed by atoms with E-state index in [9.17, 15) is 8.42 Å². The summed E-state index contributed by atoms with van der Waals surface area (Å²) >= 11 is 1.14. The highest BCUT2D eigenvalue weighted by atomic mass is 32.2. The Balaban J connectivity index is 2.45. The van der Waals surface area contributed by atoms with Gasteiger partial charge in [0.05, 0.1) is 10.6 Å². The van der Waals surface area contributed by atoms with Crippen molar-refractivity contribution in [2.75, 3.05) is 12.0 Å². The second-order valence-electron chi connectivity index (χ2n) is 3.58. The molecule has 0 aliphatic carbocycles. The van der Waals surface area contributed by atoms with Crippen molar-refractivity contribution in [3.63, 3.8) is 0 Å². The molecule has 0 aliphatic rings. The van der Waals surface area contributed by atoms with Crippen molar-refractivity contribution in [1.29, 1.82) is 0 Å². The van der Waals surface area contributed by atoms with Crippen molar-refractivity contribution >= 4 is 27.3 Å². The van der Waals surface area contributed by atoms with E-state index < -0.39 is 9.84 Å². The van der Waals surface area contributed by atoms with Crippen molar-refractivity contribution in [3.8, 4) is 0 Å². The van der Waals surface area contributed by atoms with Crippen molar-refractivity contribution in [2.45, 2.75) is 14.9 Å². The third-order valence-corrected chi connectivity index (χ3v) is 4.44. The third-order valence-electron chi connectivity index (χ3n) is 2.13. The summed E-state index contributed by atoms with van der Waals surface area (Å²) in [6.45, 7) is 0. The maximum absolute atomic E-state index is 11.6. The second-order valence-corrected chi connectivity index (χ2v) is 6.54. The fourth-order valence-electron chi connectivity index (χ4n) is 1.32. The molecular formula is C11H11N3O2S2. The van der Waals surface area contributed by atoms with Crippen LogP contribution in [0.2, 0.25) is 0 Å². The molecule has 0 aliphatic heterocycles. The van der Waals surface area contributed by atoms with Gasteiger partial charge in [0.25, 0.3) is 0 Å². The van der Waals surface area contributed by atoms with Crippen LogP contribution in [0.1, 0.15) is 0 Å². The van der Waals surface area contributed by atoms with Gasteiger partial charge < -0.3 is 5.73 Å². The second kappa shape index (κ2) is 4.95. The van der Waals surface area contributed by atoms with Crippen molar-refractivity contribution < 1.29 is 8.42 Å². The standard InChI is InChI=1S/C11H11N3O2S2/c1-18(15,16)9-5-3-7-14-11(9)17-10-8(12)4-2-6-13-10/h2-7H,12H2,1H3. The number of hydrogen-bond donors (Lipinski definition) is 1. The zero-order chi connectivity index (χ0) is 13.2. The van der Waals surface area contributed by atoms with E-state index in [4.69, 9.17) is 5.73 Å². The summed E-state index contributed by atoms with van der Waals surface area (Å²) in [6.07, 6.45) is 4.29. The molecule has 0 saturated heterocycles. The molecule has 0 saturated carbocycles. The zero-order valence-electron chi connectivity index (χ0n) is 9.57. The number of aromatic nitrogens is 2. The third kappa shape index (κ3) is 2.80. The minimum Gasteiger partial charge on any atom is -0.397 e. The molecule has 0 fully saturated rings. The Morgan fingerprint density at radius 2 is 1.72 bits per heavy atom. The summed E-state index contributed by atoms with van der Waals surface area (Å²) in [6, 6.07) is 6.53. The van der Waals surface area contributed by atoms with Gasteiger partial charge in [0, 0.05) is 18.6 Å². The first-order valence-corrected chi connectivity index (χ1v) is 7.72. The average Bonchev–Trinajstić information content (AvgIpc) is 2.31. The van der Waals surface area contributed by atoms with Gasteiger partial charge in [-0.1, -0.05) is 0 Å². The summed E-state index contributed by atoms with van der Waals surface area (Å²) in [5.74, 6) is 0. The van der Waals surface area contributed by atoms with Crippen LogP contribution in [0.3, 0.4) is 0 Å². The Morgan fingerprint density at radius 3 is 2.33 bits per heavy atom. The number of sulfone groups is 1. The first-order chi connectivity index (χ1) is 8.48. The number of nitrogens with two attached hydrogens (primary N) is 1. The Labute approximate surface area is 109 Å². The topological polar surface area (TPSA) is 85.9 Å². The average molecular weight is 281 g/mol. The van der Waals surface area contributed by atoms with Crippen molar-refractivity contribution in [2.24, 2.45) is 0 Å². The SMILES string of the molecule is CS(=O)(=O)c1cccnc1Sc1ncccc1N. The lowest BCUT2D eigenvalue weighted by Crippen LogP contribution is -2.01.